The molecule has 0 bridgehead atoms. The highest BCUT2D eigenvalue weighted by Gasteiger charge is 2.33. The molecule has 0 rings (SSSR count). The predicted molar refractivity (Wildman–Crippen MR) is 70.5 cm³/mol. The zero-order valence-electron chi connectivity index (χ0n) is 11.8. The van der Waals surface area contributed by atoms with Gasteiger partial charge in [-0.25, -0.2) is 9.59 Å². The Morgan fingerprint density at radius 1 is 0.900 bits per heavy atom. The average Bonchev–Trinajstić information content (AvgIpc) is 2.47. The lowest BCUT2D eigenvalue weighted by molar-refractivity contribution is -0.173. The molecule has 4 atom stereocenters. The largest absolute Gasteiger partial charge is 0.462 e. The lowest BCUT2D eigenvalue weighted by atomic mass is 10.2. The van der Waals surface area contributed by atoms with Crippen LogP contribution in [0.4, 0.5) is 0 Å². The van der Waals surface area contributed by atoms with E-state index in [0.717, 1.165) is 0 Å². The van der Waals surface area contributed by atoms with Crippen molar-refractivity contribution in [3.05, 3.63) is 0 Å². The van der Waals surface area contributed by atoms with Crippen LogP contribution in [-0.4, -0.2) is 59.7 Å². The molecule has 8 heteroatoms. The van der Waals surface area contributed by atoms with E-state index in [1.165, 1.54) is 0 Å². The van der Waals surface area contributed by atoms with Crippen molar-refractivity contribution in [2.45, 2.75) is 51.0 Å². The highest BCUT2D eigenvalue weighted by atomic mass is 16.6. The molecule has 6 N–H and O–H groups in total. The zero-order chi connectivity index (χ0) is 15.7. The number of nitrogens with two attached hydrogens (primary N) is 2. The minimum atomic E-state index is -2.01. The van der Waals surface area contributed by atoms with E-state index in [2.05, 4.69) is 9.47 Å². The maximum atomic E-state index is 11.4. The Labute approximate surface area is 118 Å². The first kappa shape index (κ1) is 18.8. The summed E-state index contributed by atoms with van der Waals surface area (Å²) in [6, 6.07) is -0.726. The van der Waals surface area contributed by atoms with Gasteiger partial charge in [0, 0.05) is 12.1 Å². The SMILES string of the molecule is CCC(N)COC(=O)C(O)C(O)C(=O)OCC(N)CC. The van der Waals surface area contributed by atoms with Gasteiger partial charge in [0.05, 0.1) is 0 Å². The number of aliphatic hydroxyl groups excluding tert-OH is 2. The molecule has 0 spiro atoms. The minimum Gasteiger partial charge on any atom is -0.462 e. The van der Waals surface area contributed by atoms with Crippen LogP contribution in [0, 0.1) is 0 Å². The zero-order valence-corrected chi connectivity index (χ0v) is 11.8. The molecule has 4 unspecified atom stereocenters. The molecule has 8 nitrogen and oxygen atoms in total. The van der Waals surface area contributed by atoms with E-state index in [-0.39, 0.29) is 25.3 Å². The fourth-order valence-electron chi connectivity index (χ4n) is 1.04. The molecule has 0 aliphatic carbocycles. The summed E-state index contributed by atoms with van der Waals surface area (Å²) in [6.45, 7) is 3.40. The van der Waals surface area contributed by atoms with E-state index < -0.39 is 24.1 Å². The third-order valence-corrected chi connectivity index (χ3v) is 2.71. The molecular formula is C12H24N2O6. The second-order valence-corrected chi connectivity index (χ2v) is 4.49. The lowest BCUT2D eigenvalue weighted by Crippen LogP contribution is -2.43. The van der Waals surface area contributed by atoms with E-state index >= 15 is 0 Å². The molecule has 0 amide bonds. The quantitative estimate of drug-likeness (QED) is 0.367. The normalized spacial score (nSPS) is 16.9. The number of hydrogen-bond donors (Lipinski definition) is 4. The number of carbonyl (C=O) groups excluding carboxylic acids is 2. The molecule has 20 heavy (non-hydrogen) atoms. The molecule has 0 aromatic carbocycles. The van der Waals surface area contributed by atoms with Gasteiger partial charge in [0.15, 0.2) is 12.2 Å². The predicted octanol–water partition coefficient (Wildman–Crippen LogP) is -1.73. The maximum Gasteiger partial charge on any atom is 0.338 e. The Bertz CT molecular complexity index is 282. The number of carbonyl (C=O) groups is 2. The van der Waals surface area contributed by atoms with Gasteiger partial charge in [0.1, 0.15) is 13.2 Å². The molecule has 118 valence electrons. The lowest BCUT2D eigenvalue weighted by Gasteiger charge is -2.18. The van der Waals surface area contributed by atoms with Crippen molar-refractivity contribution in [3.8, 4) is 0 Å². The standard InChI is InChI=1S/C12H24N2O6/c1-3-7(13)5-19-11(17)9(15)10(16)12(18)20-6-8(14)4-2/h7-10,15-16H,3-6,13-14H2,1-2H3. The summed E-state index contributed by atoms with van der Waals surface area (Å²) < 4.78 is 9.34. The van der Waals surface area contributed by atoms with Gasteiger partial charge >= 0.3 is 11.9 Å². The number of hydrogen-bond acceptors (Lipinski definition) is 8. The number of esters is 2. The van der Waals surface area contributed by atoms with Gasteiger partial charge in [-0.15, -0.1) is 0 Å². The Morgan fingerprint density at radius 2 is 1.20 bits per heavy atom. The maximum absolute atomic E-state index is 11.4. The van der Waals surface area contributed by atoms with Gasteiger partial charge in [-0.05, 0) is 12.8 Å². The smallest absolute Gasteiger partial charge is 0.338 e. The van der Waals surface area contributed by atoms with Crippen LogP contribution in [0.3, 0.4) is 0 Å². The highest BCUT2D eigenvalue weighted by Crippen LogP contribution is 2.02. The van der Waals surface area contributed by atoms with Crippen LogP contribution in [0.2, 0.25) is 0 Å². The van der Waals surface area contributed by atoms with Gasteiger partial charge in [0.25, 0.3) is 0 Å². The fourth-order valence-corrected chi connectivity index (χ4v) is 1.04. The second-order valence-electron chi connectivity index (χ2n) is 4.49. The summed E-state index contributed by atoms with van der Waals surface area (Å²) in [5, 5.41) is 18.9. The van der Waals surface area contributed by atoms with Crippen molar-refractivity contribution < 1.29 is 29.3 Å². The number of ether oxygens (including phenoxy) is 2. The van der Waals surface area contributed by atoms with Crippen LogP contribution < -0.4 is 11.5 Å². The first-order valence-corrected chi connectivity index (χ1v) is 6.53. The summed E-state index contributed by atoms with van der Waals surface area (Å²) in [7, 11) is 0. The first-order valence-electron chi connectivity index (χ1n) is 6.53. The minimum absolute atomic E-state index is 0.102. The fraction of sp³-hybridized carbons (Fsp3) is 0.833. The van der Waals surface area contributed by atoms with Gasteiger partial charge in [-0.1, -0.05) is 13.8 Å². The third kappa shape index (κ3) is 6.80. The van der Waals surface area contributed by atoms with Crippen LogP contribution in [0.25, 0.3) is 0 Å². The van der Waals surface area contributed by atoms with Crippen molar-refractivity contribution in [2.24, 2.45) is 11.5 Å². The average molecular weight is 292 g/mol. The topological polar surface area (TPSA) is 145 Å². The summed E-state index contributed by atoms with van der Waals surface area (Å²) in [6.07, 6.45) is -2.85. The van der Waals surface area contributed by atoms with Crippen LogP contribution in [0.15, 0.2) is 0 Å². The van der Waals surface area contributed by atoms with Crippen molar-refractivity contribution in [1.82, 2.24) is 0 Å². The number of aliphatic hydroxyl groups is 2. The van der Waals surface area contributed by atoms with Crippen LogP contribution >= 0.6 is 0 Å². The molecule has 0 heterocycles. The Balaban J connectivity index is 4.20. The summed E-state index contributed by atoms with van der Waals surface area (Å²) in [5.74, 6) is -2.25. The monoisotopic (exact) mass is 292 g/mol. The van der Waals surface area contributed by atoms with E-state index in [1.54, 1.807) is 13.8 Å². The second kappa shape index (κ2) is 9.65. The van der Waals surface area contributed by atoms with Crippen molar-refractivity contribution in [3.63, 3.8) is 0 Å². The van der Waals surface area contributed by atoms with E-state index in [9.17, 15) is 19.8 Å². The third-order valence-electron chi connectivity index (χ3n) is 2.71. The van der Waals surface area contributed by atoms with Gasteiger partial charge < -0.3 is 31.2 Å². The first-order chi connectivity index (χ1) is 9.33. The Morgan fingerprint density at radius 3 is 1.45 bits per heavy atom. The molecule has 0 radical (unpaired) electrons. The van der Waals surface area contributed by atoms with Gasteiger partial charge in [-0.3, -0.25) is 0 Å². The molecule has 0 aromatic rings. The van der Waals surface area contributed by atoms with Crippen molar-refractivity contribution in [1.29, 1.82) is 0 Å². The van der Waals surface area contributed by atoms with Crippen LogP contribution in [0.5, 0.6) is 0 Å². The molecular weight excluding hydrogens is 268 g/mol. The van der Waals surface area contributed by atoms with Crippen molar-refractivity contribution >= 4 is 11.9 Å². The van der Waals surface area contributed by atoms with Gasteiger partial charge in [-0.2, -0.15) is 0 Å². The van der Waals surface area contributed by atoms with Crippen molar-refractivity contribution in [2.75, 3.05) is 13.2 Å². The Kier molecular flexibility index (Phi) is 9.06. The highest BCUT2D eigenvalue weighted by molar-refractivity contribution is 5.85. The molecule has 0 aromatic heterocycles. The summed E-state index contributed by atoms with van der Waals surface area (Å²) >= 11 is 0. The van der Waals surface area contributed by atoms with Crippen LogP contribution in [-0.2, 0) is 19.1 Å². The Hall–Kier alpha value is -1.22. The van der Waals surface area contributed by atoms with Gasteiger partial charge in [0.2, 0.25) is 0 Å². The van der Waals surface area contributed by atoms with E-state index in [4.69, 9.17) is 11.5 Å². The van der Waals surface area contributed by atoms with Crippen LogP contribution in [0.1, 0.15) is 26.7 Å². The number of rotatable bonds is 9. The summed E-state index contributed by atoms with van der Waals surface area (Å²) in [4.78, 5) is 22.8. The van der Waals surface area contributed by atoms with E-state index in [0.29, 0.717) is 12.8 Å². The summed E-state index contributed by atoms with van der Waals surface area (Å²) in [5.41, 5.74) is 11.1. The molecule has 0 aliphatic heterocycles. The van der Waals surface area contributed by atoms with E-state index in [1.807, 2.05) is 0 Å². The molecule has 0 fully saturated rings. The molecule has 0 saturated heterocycles. The molecule has 0 saturated carbocycles. The molecule has 0 aliphatic rings.